The maximum Gasteiger partial charge on any atom is 0.331 e. The SMILES string of the molecule is NCC/C=C(/Cc1cn(-c2ccccc2)cn1)C(=O)O. The van der Waals surface area contributed by atoms with Crippen LogP contribution in [0.15, 0.2) is 54.5 Å². The van der Waals surface area contributed by atoms with Gasteiger partial charge in [-0.05, 0) is 25.1 Å². The number of nitrogens with zero attached hydrogens (tertiary/aromatic N) is 2. The van der Waals surface area contributed by atoms with Crippen LogP contribution in [0.3, 0.4) is 0 Å². The van der Waals surface area contributed by atoms with E-state index in [0.29, 0.717) is 25.0 Å². The van der Waals surface area contributed by atoms with Crippen molar-refractivity contribution in [3.63, 3.8) is 0 Å². The maximum absolute atomic E-state index is 11.1. The average molecular weight is 271 g/mol. The number of carboxylic acid groups (broad SMARTS) is 1. The molecule has 0 radical (unpaired) electrons. The molecule has 2 rings (SSSR count). The van der Waals surface area contributed by atoms with Crippen molar-refractivity contribution in [3.05, 3.63) is 60.2 Å². The van der Waals surface area contributed by atoms with Crippen LogP contribution >= 0.6 is 0 Å². The standard InChI is InChI=1S/C15H17N3O2/c16-8-4-5-12(15(19)20)9-13-10-18(11-17-13)14-6-2-1-3-7-14/h1-3,5-7,10-11H,4,8-9,16H2,(H,19,20)/b12-5-. The van der Waals surface area contributed by atoms with Gasteiger partial charge in [-0.15, -0.1) is 0 Å². The lowest BCUT2D eigenvalue weighted by molar-refractivity contribution is -0.132. The second-order valence-electron chi connectivity index (χ2n) is 4.40. The van der Waals surface area contributed by atoms with Gasteiger partial charge in [0.15, 0.2) is 0 Å². The lowest BCUT2D eigenvalue weighted by Gasteiger charge is -2.01. The Bertz CT molecular complexity index is 603. The van der Waals surface area contributed by atoms with Gasteiger partial charge in [0.05, 0.1) is 12.0 Å². The molecule has 0 aliphatic rings. The number of imidazole rings is 1. The summed E-state index contributed by atoms with van der Waals surface area (Å²) in [5.74, 6) is -0.923. The maximum atomic E-state index is 11.1. The van der Waals surface area contributed by atoms with Crippen molar-refractivity contribution in [1.29, 1.82) is 0 Å². The molecule has 0 fully saturated rings. The lowest BCUT2D eigenvalue weighted by atomic mass is 10.1. The molecule has 20 heavy (non-hydrogen) atoms. The molecule has 0 bridgehead atoms. The van der Waals surface area contributed by atoms with E-state index in [4.69, 9.17) is 10.8 Å². The van der Waals surface area contributed by atoms with Crippen molar-refractivity contribution >= 4 is 5.97 Å². The number of nitrogens with two attached hydrogens (primary N) is 1. The fraction of sp³-hybridized carbons (Fsp3) is 0.200. The van der Waals surface area contributed by atoms with Gasteiger partial charge < -0.3 is 15.4 Å². The predicted octanol–water partition coefficient (Wildman–Crippen LogP) is 1.77. The largest absolute Gasteiger partial charge is 0.478 e. The Hall–Kier alpha value is -2.40. The molecule has 1 heterocycles. The van der Waals surface area contributed by atoms with Gasteiger partial charge >= 0.3 is 5.97 Å². The van der Waals surface area contributed by atoms with Crippen LogP contribution in [0.25, 0.3) is 5.69 Å². The van der Waals surface area contributed by atoms with Crippen LogP contribution in [0.4, 0.5) is 0 Å². The van der Waals surface area contributed by atoms with E-state index in [1.54, 1.807) is 12.4 Å². The lowest BCUT2D eigenvalue weighted by Crippen LogP contribution is -2.06. The first kappa shape index (κ1) is 14.0. The monoisotopic (exact) mass is 271 g/mol. The molecule has 0 unspecified atom stereocenters. The number of hydrogen-bond donors (Lipinski definition) is 2. The molecule has 3 N–H and O–H groups in total. The highest BCUT2D eigenvalue weighted by Crippen LogP contribution is 2.11. The van der Waals surface area contributed by atoms with E-state index in [-0.39, 0.29) is 0 Å². The Balaban J connectivity index is 2.15. The van der Waals surface area contributed by atoms with Gasteiger partial charge in [0.25, 0.3) is 0 Å². The number of hydrogen-bond acceptors (Lipinski definition) is 3. The number of benzene rings is 1. The molecule has 104 valence electrons. The van der Waals surface area contributed by atoms with Crippen molar-refractivity contribution in [2.24, 2.45) is 5.73 Å². The Morgan fingerprint density at radius 3 is 2.75 bits per heavy atom. The highest BCUT2D eigenvalue weighted by molar-refractivity contribution is 5.86. The fourth-order valence-corrected chi connectivity index (χ4v) is 1.88. The van der Waals surface area contributed by atoms with Crippen molar-refractivity contribution in [2.45, 2.75) is 12.8 Å². The summed E-state index contributed by atoms with van der Waals surface area (Å²) in [5, 5.41) is 9.14. The molecule has 0 amide bonds. The van der Waals surface area contributed by atoms with Crippen molar-refractivity contribution in [2.75, 3.05) is 6.54 Å². The Labute approximate surface area is 117 Å². The average Bonchev–Trinajstić information content (AvgIpc) is 2.92. The number of carbonyl (C=O) groups is 1. The van der Waals surface area contributed by atoms with Crippen LogP contribution in [-0.2, 0) is 11.2 Å². The van der Waals surface area contributed by atoms with Gasteiger partial charge in [-0.25, -0.2) is 9.78 Å². The molecule has 1 aromatic carbocycles. The van der Waals surface area contributed by atoms with Crippen LogP contribution in [0.1, 0.15) is 12.1 Å². The molecule has 1 aromatic heterocycles. The zero-order chi connectivity index (χ0) is 14.4. The molecule has 0 aliphatic heterocycles. The summed E-state index contributed by atoms with van der Waals surface area (Å²) >= 11 is 0. The Morgan fingerprint density at radius 2 is 2.10 bits per heavy atom. The molecule has 0 saturated heterocycles. The second kappa shape index (κ2) is 6.68. The van der Waals surface area contributed by atoms with E-state index in [9.17, 15) is 4.79 Å². The zero-order valence-electron chi connectivity index (χ0n) is 11.1. The summed E-state index contributed by atoms with van der Waals surface area (Å²) in [5.41, 5.74) is 7.44. The molecule has 0 saturated carbocycles. The van der Waals surface area contributed by atoms with Gasteiger partial charge in [-0.1, -0.05) is 24.3 Å². The van der Waals surface area contributed by atoms with Gasteiger partial charge in [-0.2, -0.15) is 0 Å². The van der Waals surface area contributed by atoms with Crippen LogP contribution in [0.5, 0.6) is 0 Å². The number of rotatable bonds is 6. The minimum Gasteiger partial charge on any atom is -0.478 e. The third kappa shape index (κ3) is 3.55. The predicted molar refractivity (Wildman–Crippen MR) is 76.7 cm³/mol. The smallest absolute Gasteiger partial charge is 0.331 e. The van der Waals surface area contributed by atoms with E-state index < -0.39 is 5.97 Å². The summed E-state index contributed by atoms with van der Waals surface area (Å²) in [6, 6.07) is 9.76. The highest BCUT2D eigenvalue weighted by Gasteiger charge is 2.10. The van der Waals surface area contributed by atoms with Crippen molar-refractivity contribution in [1.82, 2.24) is 9.55 Å². The summed E-state index contributed by atoms with van der Waals surface area (Å²) in [6.07, 6.45) is 6.04. The molecule has 2 aromatic rings. The fourth-order valence-electron chi connectivity index (χ4n) is 1.88. The normalized spacial score (nSPS) is 11.6. The van der Waals surface area contributed by atoms with E-state index >= 15 is 0 Å². The number of carboxylic acids is 1. The summed E-state index contributed by atoms with van der Waals surface area (Å²) in [6.45, 7) is 0.440. The van der Waals surface area contributed by atoms with Crippen LogP contribution in [0, 0.1) is 0 Å². The van der Waals surface area contributed by atoms with Gasteiger partial charge in [0.1, 0.15) is 0 Å². The molecular weight excluding hydrogens is 254 g/mol. The number of aromatic nitrogens is 2. The topological polar surface area (TPSA) is 81.1 Å². The van der Waals surface area contributed by atoms with Crippen LogP contribution in [-0.4, -0.2) is 27.2 Å². The van der Waals surface area contributed by atoms with Crippen LogP contribution in [0.2, 0.25) is 0 Å². The molecule has 0 atom stereocenters. The Morgan fingerprint density at radius 1 is 1.35 bits per heavy atom. The van der Waals surface area contributed by atoms with Crippen LogP contribution < -0.4 is 5.73 Å². The quantitative estimate of drug-likeness (QED) is 0.785. The van der Waals surface area contributed by atoms with E-state index in [1.807, 2.05) is 41.1 Å². The summed E-state index contributed by atoms with van der Waals surface area (Å²) in [7, 11) is 0. The number of para-hydroxylation sites is 1. The first-order chi connectivity index (χ1) is 9.70. The summed E-state index contributed by atoms with van der Waals surface area (Å²) in [4.78, 5) is 15.4. The minimum atomic E-state index is -0.923. The molecule has 0 aliphatic carbocycles. The van der Waals surface area contributed by atoms with E-state index in [0.717, 1.165) is 11.4 Å². The van der Waals surface area contributed by atoms with E-state index in [1.165, 1.54) is 0 Å². The molecular formula is C15H17N3O2. The third-order valence-corrected chi connectivity index (χ3v) is 2.89. The van der Waals surface area contributed by atoms with Crippen molar-refractivity contribution in [3.8, 4) is 5.69 Å². The number of aliphatic carboxylic acids is 1. The second-order valence-corrected chi connectivity index (χ2v) is 4.40. The van der Waals surface area contributed by atoms with Crippen molar-refractivity contribution < 1.29 is 9.90 Å². The first-order valence-electron chi connectivity index (χ1n) is 6.41. The third-order valence-electron chi connectivity index (χ3n) is 2.89. The molecule has 5 nitrogen and oxygen atoms in total. The minimum absolute atomic E-state index is 0.301. The molecule has 5 heteroatoms. The van der Waals surface area contributed by atoms with Gasteiger partial charge in [0, 0.05) is 23.9 Å². The first-order valence-corrected chi connectivity index (χ1v) is 6.41. The zero-order valence-corrected chi connectivity index (χ0v) is 11.1. The van der Waals surface area contributed by atoms with E-state index in [2.05, 4.69) is 4.98 Å². The highest BCUT2D eigenvalue weighted by atomic mass is 16.4. The van der Waals surface area contributed by atoms with Gasteiger partial charge in [0.2, 0.25) is 0 Å². The molecule has 0 spiro atoms. The summed E-state index contributed by atoms with van der Waals surface area (Å²) < 4.78 is 1.87. The van der Waals surface area contributed by atoms with Gasteiger partial charge in [-0.3, -0.25) is 0 Å². The Kier molecular flexibility index (Phi) is 4.68.